The van der Waals surface area contributed by atoms with Gasteiger partial charge in [-0.05, 0) is 49.7 Å². The van der Waals surface area contributed by atoms with Crippen LogP contribution in [0.25, 0.3) is 0 Å². The number of carbonyl (C=O) groups excluding carboxylic acids is 1. The summed E-state index contributed by atoms with van der Waals surface area (Å²) in [5.74, 6) is 1.14. The van der Waals surface area contributed by atoms with Crippen LogP contribution in [0.15, 0.2) is 41.3 Å². The van der Waals surface area contributed by atoms with E-state index in [1.54, 1.807) is 18.2 Å². The molecule has 2 rings (SSSR count). The zero-order valence-corrected chi connectivity index (χ0v) is 17.9. The summed E-state index contributed by atoms with van der Waals surface area (Å²) < 4.78 is 44.1. The SMILES string of the molecule is COc1ccc(S(=O)(=O)NCc2ccc(OC(C)C)c(OC)c2)cc1NC(C)=O. The van der Waals surface area contributed by atoms with E-state index in [0.29, 0.717) is 22.8 Å². The molecule has 2 aromatic carbocycles. The summed E-state index contributed by atoms with van der Waals surface area (Å²) in [6.45, 7) is 5.21. The summed E-state index contributed by atoms with van der Waals surface area (Å²) >= 11 is 0. The van der Waals surface area contributed by atoms with Crippen LogP contribution in [-0.2, 0) is 21.4 Å². The van der Waals surface area contributed by atoms with Gasteiger partial charge in [0.15, 0.2) is 11.5 Å². The van der Waals surface area contributed by atoms with Crippen LogP contribution in [0.3, 0.4) is 0 Å². The Labute approximate surface area is 171 Å². The zero-order valence-electron chi connectivity index (χ0n) is 17.1. The van der Waals surface area contributed by atoms with Crippen molar-refractivity contribution < 1.29 is 27.4 Å². The van der Waals surface area contributed by atoms with Crippen LogP contribution in [0.2, 0.25) is 0 Å². The van der Waals surface area contributed by atoms with E-state index in [-0.39, 0.29) is 29.1 Å². The number of carbonyl (C=O) groups is 1. The highest BCUT2D eigenvalue weighted by molar-refractivity contribution is 7.89. The van der Waals surface area contributed by atoms with E-state index in [9.17, 15) is 13.2 Å². The van der Waals surface area contributed by atoms with E-state index in [2.05, 4.69) is 10.0 Å². The van der Waals surface area contributed by atoms with Crippen LogP contribution in [0.4, 0.5) is 5.69 Å². The van der Waals surface area contributed by atoms with Crippen molar-refractivity contribution in [1.29, 1.82) is 0 Å². The fourth-order valence-electron chi connectivity index (χ4n) is 2.58. The number of ether oxygens (including phenoxy) is 3. The highest BCUT2D eigenvalue weighted by atomic mass is 32.2. The van der Waals surface area contributed by atoms with Crippen LogP contribution in [0, 0.1) is 0 Å². The molecule has 0 radical (unpaired) electrons. The van der Waals surface area contributed by atoms with E-state index >= 15 is 0 Å². The second kappa shape index (κ2) is 9.62. The summed E-state index contributed by atoms with van der Waals surface area (Å²) in [5, 5.41) is 2.56. The van der Waals surface area contributed by atoms with Gasteiger partial charge in [-0.1, -0.05) is 6.07 Å². The summed E-state index contributed by atoms with van der Waals surface area (Å²) in [6.07, 6.45) is -0.0128. The Balaban J connectivity index is 2.20. The third-order valence-corrected chi connectivity index (χ3v) is 5.25. The van der Waals surface area contributed by atoms with E-state index in [4.69, 9.17) is 14.2 Å². The van der Waals surface area contributed by atoms with Crippen LogP contribution >= 0.6 is 0 Å². The molecule has 8 nitrogen and oxygen atoms in total. The Hall–Kier alpha value is -2.78. The molecule has 2 N–H and O–H groups in total. The van der Waals surface area contributed by atoms with Gasteiger partial charge in [0, 0.05) is 13.5 Å². The average molecular weight is 423 g/mol. The summed E-state index contributed by atoms with van der Waals surface area (Å²) in [7, 11) is -0.857. The molecule has 0 spiro atoms. The van der Waals surface area contributed by atoms with E-state index in [1.807, 2.05) is 13.8 Å². The van der Waals surface area contributed by atoms with Crippen LogP contribution < -0.4 is 24.2 Å². The molecule has 1 amide bonds. The van der Waals surface area contributed by atoms with Crippen molar-refractivity contribution >= 4 is 21.6 Å². The number of rotatable bonds is 9. The number of hydrogen-bond donors (Lipinski definition) is 2. The molecule has 0 unspecified atom stereocenters. The maximum absolute atomic E-state index is 12.7. The molecule has 0 aliphatic rings. The van der Waals surface area contributed by atoms with Crippen molar-refractivity contribution in [3.8, 4) is 17.2 Å². The van der Waals surface area contributed by atoms with E-state index in [0.717, 1.165) is 0 Å². The molecule has 0 aliphatic heterocycles. The Morgan fingerprint density at radius 3 is 2.24 bits per heavy atom. The van der Waals surface area contributed by atoms with Crippen molar-refractivity contribution in [3.05, 3.63) is 42.0 Å². The van der Waals surface area contributed by atoms with Gasteiger partial charge in [0.05, 0.1) is 30.9 Å². The Bertz CT molecular complexity index is 973. The molecule has 9 heteroatoms. The molecular formula is C20H26N2O6S. The molecule has 2 aromatic rings. The largest absolute Gasteiger partial charge is 0.495 e. The Kier molecular flexibility index (Phi) is 7.46. The first kappa shape index (κ1) is 22.5. The van der Waals surface area contributed by atoms with Gasteiger partial charge < -0.3 is 19.5 Å². The Morgan fingerprint density at radius 2 is 1.66 bits per heavy atom. The molecule has 158 valence electrons. The van der Waals surface area contributed by atoms with Crippen molar-refractivity contribution in [3.63, 3.8) is 0 Å². The predicted octanol–water partition coefficient (Wildman–Crippen LogP) is 2.93. The molecule has 0 saturated heterocycles. The third kappa shape index (κ3) is 6.10. The number of methoxy groups -OCH3 is 2. The second-order valence-electron chi connectivity index (χ2n) is 6.52. The lowest BCUT2D eigenvalue weighted by molar-refractivity contribution is -0.114. The minimum absolute atomic E-state index is 0.00813. The van der Waals surface area contributed by atoms with Gasteiger partial charge in [-0.25, -0.2) is 13.1 Å². The lowest BCUT2D eigenvalue weighted by Gasteiger charge is -2.15. The lowest BCUT2D eigenvalue weighted by atomic mass is 10.2. The number of anilines is 1. The zero-order chi connectivity index (χ0) is 21.6. The van der Waals surface area contributed by atoms with Crippen LogP contribution in [0.5, 0.6) is 17.2 Å². The maximum Gasteiger partial charge on any atom is 0.240 e. The minimum Gasteiger partial charge on any atom is -0.495 e. The van der Waals surface area contributed by atoms with Gasteiger partial charge in [0.25, 0.3) is 0 Å². The van der Waals surface area contributed by atoms with Gasteiger partial charge in [0.1, 0.15) is 5.75 Å². The normalized spacial score (nSPS) is 11.2. The van der Waals surface area contributed by atoms with Crippen LogP contribution in [-0.4, -0.2) is 34.6 Å². The molecule has 29 heavy (non-hydrogen) atoms. The fraction of sp³-hybridized carbons (Fsp3) is 0.350. The highest BCUT2D eigenvalue weighted by Crippen LogP contribution is 2.30. The second-order valence-corrected chi connectivity index (χ2v) is 8.29. The summed E-state index contributed by atoms with van der Waals surface area (Å²) in [6, 6.07) is 9.47. The first-order chi connectivity index (χ1) is 13.7. The van der Waals surface area contributed by atoms with Crippen LogP contribution in [0.1, 0.15) is 26.3 Å². The summed E-state index contributed by atoms with van der Waals surface area (Å²) in [5.41, 5.74) is 0.983. The third-order valence-electron chi connectivity index (χ3n) is 3.85. The average Bonchev–Trinajstić information content (AvgIpc) is 2.66. The van der Waals surface area contributed by atoms with E-state index < -0.39 is 10.0 Å². The predicted molar refractivity (Wildman–Crippen MR) is 110 cm³/mol. The quantitative estimate of drug-likeness (QED) is 0.644. The molecule has 0 saturated carbocycles. The number of benzene rings is 2. The van der Waals surface area contributed by atoms with Gasteiger partial charge >= 0.3 is 0 Å². The minimum atomic E-state index is -3.82. The molecule has 0 heterocycles. The lowest BCUT2D eigenvalue weighted by Crippen LogP contribution is -2.23. The number of hydrogen-bond acceptors (Lipinski definition) is 6. The van der Waals surface area contributed by atoms with Gasteiger partial charge in [-0.3, -0.25) is 4.79 Å². The monoisotopic (exact) mass is 422 g/mol. The molecular weight excluding hydrogens is 396 g/mol. The number of nitrogens with one attached hydrogen (secondary N) is 2. The molecule has 0 aromatic heterocycles. The van der Waals surface area contributed by atoms with Crippen molar-refractivity contribution in [2.45, 2.75) is 38.3 Å². The first-order valence-corrected chi connectivity index (χ1v) is 10.4. The summed E-state index contributed by atoms with van der Waals surface area (Å²) in [4.78, 5) is 11.4. The van der Waals surface area contributed by atoms with E-state index in [1.165, 1.54) is 39.3 Å². The molecule has 0 atom stereocenters. The van der Waals surface area contributed by atoms with Gasteiger partial charge in [-0.15, -0.1) is 0 Å². The maximum atomic E-state index is 12.7. The topological polar surface area (TPSA) is 103 Å². The standard InChI is InChI=1S/C20H26N2O6S/c1-13(2)28-19-8-6-15(10-20(19)27-5)12-21-29(24,25)16-7-9-18(26-4)17(11-16)22-14(3)23/h6-11,13,21H,12H2,1-5H3,(H,22,23). The molecule has 0 aliphatic carbocycles. The smallest absolute Gasteiger partial charge is 0.240 e. The van der Waals surface area contributed by atoms with Crippen molar-refractivity contribution in [2.24, 2.45) is 0 Å². The first-order valence-electron chi connectivity index (χ1n) is 8.95. The number of amides is 1. The number of sulfonamides is 1. The fourth-order valence-corrected chi connectivity index (χ4v) is 3.62. The van der Waals surface area contributed by atoms with Crippen molar-refractivity contribution in [1.82, 2.24) is 4.72 Å². The van der Waals surface area contributed by atoms with Gasteiger partial charge in [0.2, 0.25) is 15.9 Å². The van der Waals surface area contributed by atoms with Crippen molar-refractivity contribution in [2.75, 3.05) is 19.5 Å². The molecule has 0 fully saturated rings. The molecule has 0 bridgehead atoms. The highest BCUT2D eigenvalue weighted by Gasteiger charge is 2.17. The van der Waals surface area contributed by atoms with Gasteiger partial charge in [-0.2, -0.15) is 0 Å². The Morgan fingerprint density at radius 1 is 1.00 bits per heavy atom.